The fraction of sp³-hybridized carbons (Fsp3) is 0.381. The standard InChI is InChI=1S/C21H26ClF2N5O2S/c1-20(2)19(25)29-21(3,12-32(20,31)27-9-8-23)15-10-14(5-6-16(15)24)28-18(30)17-7-4-13(22)11-26-17/h4-7,10-11,32H,8-9,12H2,1-3H3,(H2,25,29)(H,27,31)(H,28,30)/t21-/m0/s1. The van der Waals surface area contributed by atoms with Crippen molar-refractivity contribution in [1.29, 1.82) is 5.41 Å². The molecule has 3 rings (SSSR count). The Morgan fingerprint density at radius 3 is 2.66 bits per heavy atom. The van der Waals surface area contributed by atoms with Gasteiger partial charge in [0.05, 0.1) is 15.3 Å². The number of nitrogens with one attached hydrogen (secondary N) is 4. The molecule has 1 aromatic carbocycles. The molecule has 1 aliphatic rings. The molecule has 0 spiro atoms. The summed E-state index contributed by atoms with van der Waals surface area (Å²) in [6, 6.07) is 7.01. The number of aromatic nitrogens is 1. The summed E-state index contributed by atoms with van der Waals surface area (Å²) < 4.78 is 43.2. The van der Waals surface area contributed by atoms with E-state index in [-0.39, 0.29) is 29.4 Å². The van der Waals surface area contributed by atoms with Crippen molar-refractivity contribution in [2.45, 2.75) is 31.1 Å². The third-order valence-electron chi connectivity index (χ3n) is 5.70. The highest BCUT2D eigenvalue weighted by molar-refractivity contribution is 8.03. The van der Waals surface area contributed by atoms with Gasteiger partial charge in [-0.15, -0.1) is 0 Å². The molecule has 2 aromatic rings. The van der Waals surface area contributed by atoms with Crippen molar-refractivity contribution >= 4 is 39.1 Å². The maximum absolute atomic E-state index is 14.9. The van der Waals surface area contributed by atoms with E-state index in [1.807, 2.05) is 0 Å². The van der Waals surface area contributed by atoms with E-state index in [1.54, 1.807) is 20.8 Å². The summed E-state index contributed by atoms with van der Waals surface area (Å²) in [7, 11) is -3.34. The van der Waals surface area contributed by atoms with Crippen LogP contribution in [0.1, 0.15) is 36.8 Å². The number of hydrogen-bond donors (Lipinski definition) is 5. The van der Waals surface area contributed by atoms with Crippen LogP contribution in [0.25, 0.3) is 0 Å². The fourth-order valence-electron chi connectivity index (χ4n) is 3.65. The van der Waals surface area contributed by atoms with Crippen LogP contribution in [0.5, 0.6) is 0 Å². The maximum atomic E-state index is 14.9. The second kappa shape index (κ2) is 8.84. The first kappa shape index (κ1) is 24.2. The Hall–Kier alpha value is -2.43. The first-order valence-corrected chi connectivity index (χ1v) is 12.2. The van der Waals surface area contributed by atoms with Crippen LogP contribution >= 0.6 is 11.6 Å². The van der Waals surface area contributed by atoms with Gasteiger partial charge >= 0.3 is 0 Å². The molecular weight excluding hydrogens is 460 g/mol. The summed E-state index contributed by atoms with van der Waals surface area (Å²) in [6.45, 7) is 4.06. The molecule has 7 nitrogen and oxygen atoms in total. The van der Waals surface area contributed by atoms with E-state index in [2.05, 4.69) is 20.3 Å². The Morgan fingerprint density at radius 2 is 2.03 bits per heavy atom. The molecule has 1 atom stereocenters. The van der Waals surface area contributed by atoms with Crippen LogP contribution < -0.4 is 15.4 Å². The summed E-state index contributed by atoms with van der Waals surface area (Å²) in [4.78, 5) is 16.4. The van der Waals surface area contributed by atoms with Gasteiger partial charge in [-0.25, -0.2) is 13.8 Å². The van der Waals surface area contributed by atoms with Gasteiger partial charge in [0.2, 0.25) is 0 Å². The van der Waals surface area contributed by atoms with Crippen molar-refractivity contribution < 1.29 is 17.8 Å². The number of carbonyl (C=O) groups is 1. The van der Waals surface area contributed by atoms with E-state index < -0.39 is 38.8 Å². The topological polar surface area (TPSA) is 107 Å². The molecule has 32 heavy (non-hydrogen) atoms. The molecule has 4 N–H and O–H groups in total. The Bertz CT molecular complexity index is 1100. The predicted molar refractivity (Wildman–Crippen MR) is 124 cm³/mol. The van der Waals surface area contributed by atoms with E-state index in [4.69, 9.17) is 17.0 Å². The minimum atomic E-state index is -3.34. The molecule has 1 fully saturated rings. The second-order valence-corrected chi connectivity index (χ2v) is 12.1. The van der Waals surface area contributed by atoms with Crippen molar-refractivity contribution in [3.63, 3.8) is 0 Å². The molecule has 0 radical (unpaired) electrons. The van der Waals surface area contributed by atoms with Gasteiger partial charge in [-0.2, -0.15) is 0 Å². The summed E-state index contributed by atoms with van der Waals surface area (Å²) in [5.74, 6) is -1.19. The average Bonchev–Trinajstić information content (AvgIpc) is 2.72. The van der Waals surface area contributed by atoms with Crippen LogP contribution in [-0.4, -0.2) is 44.7 Å². The van der Waals surface area contributed by atoms with Crippen molar-refractivity contribution in [2.24, 2.45) is 0 Å². The van der Waals surface area contributed by atoms with Crippen LogP contribution in [-0.2, 0) is 15.7 Å². The average molecular weight is 486 g/mol. The molecule has 0 bridgehead atoms. The smallest absolute Gasteiger partial charge is 0.274 e. The van der Waals surface area contributed by atoms with E-state index >= 15 is 0 Å². The van der Waals surface area contributed by atoms with E-state index in [1.165, 1.54) is 36.5 Å². The molecule has 1 aliphatic heterocycles. The lowest BCUT2D eigenvalue weighted by Crippen LogP contribution is -2.70. The number of amides is 1. The number of thiol groups is 1. The molecule has 0 aliphatic carbocycles. The molecule has 2 heterocycles. The minimum Gasteiger partial charge on any atom is -0.363 e. The van der Waals surface area contributed by atoms with Crippen LogP contribution in [0.2, 0.25) is 5.02 Å². The van der Waals surface area contributed by atoms with E-state index in [9.17, 15) is 17.8 Å². The van der Waals surface area contributed by atoms with Crippen LogP contribution in [0, 0.1) is 11.2 Å². The summed E-state index contributed by atoms with van der Waals surface area (Å²) in [5, 5.41) is 14.5. The summed E-state index contributed by atoms with van der Waals surface area (Å²) in [5.41, 5.74) is -0.670. The molecule has 1 amide bonds. The van der Waals surface area contributed by atoms with Crippen molar-refractivity contribution in [3.8, 4) is 0 Å². The first-order chi connectivity index (χ1) is 14.9. The number of halogens is 3. The van der Waals surface area contributed by atoms with Crippen molar-refractivity contribution in [1.82, 2.24) is 15.0 Å². The van der Waals surface area contributed by atoms with Crippen molar-refractivity contribution in [3.05, 3.63) is 58.6 Å². The van der Waals surface area contributed by atoms with Gasteiger partial charge in [-0.3, -0.25) is 19.1 Å². The number of benzene rings is 1. The lowest BCUT2D eigenvalue weighted by Gasteiger charge is -2.52. The number of alkyl halides is 1. The van der Waals surface area contributed by atoms with Gasteiger partial charge in [-0.05, 0) is 61.2 Å². The number of hydrogen-bond acceptors (Lipinski definition) is 4. The minimum absolute atomic E-state index is 0.0415. The Balaban J connectivity index is 1.94. The van der Waals surface area contributed by atoms with Crippen molar-refractivity contribution in [2.75, 3.05) is 24.3 Å². The predicted octanol–water partition coefficient (Wildman–Crippen LogP) is 3.19. The van der Waals surface area contributed by atoms with Gasteiger partial charge in [0, 0.05) is 29.7 Å². The lowest BCUT2D eigenvalue weighted by molar-refractivity contribution is 0.102. The summed E-state index contributed by atoms with van der Waals surface area (Å²) in [6.07, 6.45) is 1.34. The van der Waals surface area contributed by atoms with E-state index in [0.717, 1.165) is 0 Å². The number of amidine groups is 1. The highest BCUT2D eigenvalue weighted by atomic mass is 35.5. The first-order valence-electron chi connectivity index (χ1n) is 9.92. The van der Waals surface area contributed by atoms with Gasteiger partial charge < -0.3 is 10.6 Å². The third kappa shape index (κ3) is 4.53. The number of rotatable bonds is 6. The van der Waals surface area contributed by atoms with Crippen LogP contribution in [0.4, 0.5) is 14.5 Å². The van der Waals surface area contributed by atoms with Gasteiger partial charge in [-0.1, -0.05) is 11.6 Å². The van der Waals surface area contributed by atoms with Gasteiger partial charge in [0.1, 0.15) is 24.0 Å². The monoisotopic (exact) mass is 485 g/mol. The molecular formula is C21H26ClF2N5O2S. The normalized spacial score (nSPS) is 22.6. The molecule has 174 valence electrons. The molecule has 0 unspecified atom stereocenters. The second-order valence-electron chi connectivity index (χ2n) is 8.40. The maximum Gasteiger partial charge on any atom is 0.274 e. The Morgan fingerprint density at radius 1 is 1.31 bits per heavy atom. The highest BCUT2D eigenvalue weighted by Crippen LogP contribution is 2.38. The van der Waals surface area contributed by atoms with E-state index in [0.29, 0.717) is 10.7 Å². The zero-order valence-corrected chi connectivity index (χ0v) is 19.6. The number of nitrogens with zero attached hydrogens (tertiary/aromatic N) is 1. The molecule has 0 saturated carbocycles. The zero-order chi connectivity index (χ0) is 23.7. The van der Waals surface area contributed by atoms with Gasteiger partial charge in [0.25, 0.3) is 5.91 Å². The molecule has 1 aromatic heterocycles. The number of pyridine rings is 1. The number of anilines is 1. The summed E-state index contributed by atoms with van der Waals surface area (Å²) >= 11 is 5.79. The number of carbonyl (C=O) groups excluding carboxylic acids is 1. The van der Waals surface area contributed by atoms with Gasteiger partial charge in [0.15, 0.2) is 0 Å². The Labute approximate surface area is 191 Å². The Kier molecular flexibility index (Phi) is 6.69. The van der Waals surface area contributed by atoms with Crippen LogP contribution in [0.3, 0.4) is 0 Å². The largest absolute Gasteiger partial charge is 0.363 e. The van der Waals surface area contributed by atoms with Crippen LogP contribution in [0.15, 0.2) is 36.5 Å². The SMILES string of the molecule is CC1(C)C(=N)N[C@](C)(c2cc(NC(=O)c3ccc(Cl)cn3)ccc2F)C[SH]1(=O)NCCF. The fourth-order valence-corrected chi connectivity index (χ4v) is 6.67. The zero-order valence-electron chi connectivity index (χ0n) is 17.9. The highest BCUT2D eigenvalue weighted by Gasteiger charge is 2.50. The molecule has 11 heteroatoms. The molecule has 1 saturated heterocycles. The quantitative estimate of drug-likeness (QED) is 0.405. The lowest BCUT2D eigenvalue weighted by atomic mass is 9.91. The third-order valence-corrected chi connectivity index (χ3v) is 9.76.